The van der Waals surface area contributed by atoms with Crippen LogP contribution in [-0.2, 0) is 12.6 Å². The molecule has 3 aromatic heterocycles. The lowest BCUT2D eigenvalue weighted by molar-refractivity contribution is -0.140. The standard InChI is InChI=1S/C16H16F3N5OS/c17-16(18,19)14-9(7-21-24-14)11-5-10-13(26-11)15(25)23-12(22-10)2-1-8-3-4-20-6-8/h5,7-8,20H,1-4,6H2,(H,21,24)(H,22,23,25). The predicted molar refractivity (Wildman–Crippen MR) is 92.1 cm³/mol. The van der Waals surface area contributed by atoms with E-state index in [-0.39, 0.29) is 11.1 Å². The number of nitrogens with one attached hydrogen (secondary N) is 3. The van der Waals surface area contributed by atoms with Crippen molar-refractivity contribution >= 4 is 21.6 Å². The van der Waals surface area contributed by atoms with Gasteiger partial charge in [0.15, 0.2) is 0 Å². The van der Waals surface area contributed by atoms with Gasteiger partial charge in [-0.3, -0.25) is 9.89 Å². The number of aromatic amines is 2. The lowest BCUT2D eigenvalue weighted by Crippen LogP contribution is -2.13. The maximum atomic E-state index is 13.1. The van der Waals surface area contributed by atoms with Crippen molar-refractivity contribution in [3.05, 3.63) is 34.1 Å². The molecule has 1 saturated heterocycles. The summed E-state index contributed by atoms with van der Waals surface area (Å²) < 4.78 is 39.5. The second kappa shape index (κ2) is 6.51. The lowest BCUT2D eigenvalue weighted by Gasteiger charge is -2.06. The molecule has 0 aromatic carbocycles. The van der Waals surface area contributed by atoms with E-state index in [9.17, 15) is 18.0 Å². The number of nitrogens with zero attached hydrogens (tertiary/aromatic N) is 2. The number of fused-ring (bicyclic) bond motifs is 1. The third kappa shape index (κ3) is 3.26. The molecule has 1 fully saturated rings. The zero-order chi connectivity index (χ0) is 18.3. The summed E-state index contributed by atoms with van der Waals surface area (Å²) in [5.41, 5.74) is -0.890. The normalized spacial score (nSPS) is 18.0. The number of aryl methyl sites for hydroxylation is 1. The Labute approximate surface area is 149 Å². The fourth-order valence-electron chi connectivity index (χ4n) is 3.23. The maximum absolute atomic E-state index is 13.1. The minimum Gasteiger partial charge on any atom is -0.316 e. The van der Waals surface area contributed by atoms with E-state index in [1.54, 1.807) is 0 Å². The van der Waals surface area contributed by atoms with E-state index < -0.39 is 11.9 Å². The molecular formula is C16H16F3N5OS. The van der Waals surface area contributed by atoms with Gasteiger partial charge < -0.3 is 10.3 Å². The van der Waals surface area contributed by atoms with Crippen molar-refractivity contribution in [2.45, 2.75) is 25.4 Å². The highest BCUT2D eigenvalue weighted by Gasteiger charge is 2.36. The Morgan fingerprint density at radius 2 is 2.19 bits per heavy atom. The second-order valence-corrected chi connectivity index (χ2v) is 7.44. The maximum Gasteiger partial charge on any atom is 0.433 e. The second-order valence-electron chi connectivity index (χ2n) is 6.39. The molecule has 4 rings (SSSR count). The highest BCUT2D eigenvalue weighted by atomic mass is 32.1. The summed E-state index contributed by atoms with van der Waals surface area (Å²) in [7, 11) is 0. The summed E-state index contributed by atoms with van der Waals surface area (Å²) in [6.07, 6.45) is -0.755. The quantitative estimate of drug-likeness (QED) is 0.647. The van der Waals surface area contributed by atoms with Gasteiger partial charge in [-0.25, -0.2) is 4.98 Å². The summed E-state index contributed by atoms with van der Waals surface area (Å²) in [6.45, 7) is 1.98. The van der Waals surface area contributed by atoms with Gasteiger partial charge in [0.1, 0.15) is 16.2 Å². The molecule has 3 N–H and O–H groups in total. The van der Waals surface area contributed by atoms with Crippen molar-refractivity contribution in [3.63, 3.8) is 0 Å². The van der Waals surface area contributed by atoms with Crippen molar-refractivity contribution in [1.29, 1.82) is 0 Å². The first-order chi connectivity index (χ1) is 12.4. The van der Waals surface area contributed by atoms with Gasteiger partial charge in [0.25, 0.3) is 5.56 Å². The van der Waals surface area contributed by atoms with Crippen molar-refractivity contribution in [2.75, 3.05) is 13.1 Å². The summed E-state index contributed by atoms with van der Waals surface area (Å²) in [6, 6.07) is 1.52. The monoisotopic (exact) mass is 383 g/mol. The Balaban J connectivity index is 1.66. The minimum absolute atomic E-state index is 0.0709. The van der Waals surface area contributed by atoms with Gasteiger partial charge in [0.05, 0.1) is 11.7 Å². The van der Waals surface area contributed by atoms with Crippen LogP contribution in [0.15, 0.2) is 17.1 Å². The molecule has 138 valence electrons. The van der Waals surface area contributed by atoms with E-state index in [4.69, 9.17) is 0 Å². The van der Waals surface area contributed by atoms with Crippen LogP contribution in [0, 0.1) is 5.92 Å². The first-order valence-electron chi connectivity index (χ1n) is 8.26. The van der Waals surface area contributed by atoms with Crippen LogP contribution < -0.4 is 10.9 Å². The van der Waals surface area contributed by atoms with Crippen LogP contribution in [0.4, 0.5) is 13.2 Å². The Morgan fingerprint density at radius 1 is 1.35 bits per heavy atom. The van der Waals surface area contributed by atoms with Gasteiger partial charge >= 0.3 is 6.18 Å². The summed E-state index contributed by atoms with van der Waals surface area (Å²) in [5, 5.41) is 8.78. The molecule has 0 amide bonds. The molecule has 0 radical (unpaired) electrons. The first kappa shape index (κ1) is 17.2. The van der Waals surface area contributed by atoms with Gasteiger partial charge in [0.2, 0.25) is 0 Å². The molecule has 0 bridgehead atoms. The summed E-state index contributed by atoms with van der Waals surface area (Å²) >= 11 is 0.988. The number of thiophene rings is 1. The third-order valence-corrected chi connectivity index (χ3v) is 5.73. The van der Waals surface area contributed by atoms with Crippen LogP contribution in [0.3, 0.4) is 0 Å². The van der Waals surface area contributed by atoms with Gasteiger partial charge in [-0.15, -0.1) is 11.3 Å². The molecule has 0 spiro atoms. The fourth-order valence-corrected chi connectivity index (χ4v) is 4.24. The fraction of sp³-hybridized carbons (Fsp3) is 0.438. The zero-order valence-corrected chi connectivity index (χ0v) is 14.4. The highest BCUT2D eigenvalue weighted by Crippen LogP contribution is 2.39. The van der Waals surface area contributed by atoms with Crippen LogP contribution in [-0.4, -0.2) is 33.3 Å². The summed E-state index contributed by atoms with van der Waals surface area (Å²) in [5.74, 6) is 1.14. The Bertz CT molecular complexity index is 984. The molecular weight excluding hydrogens is 367 g/mol. The molecule has 6 nitrogen and oxygen atoms in total. The van der Waals surface area contributed by atoms with Crippen molar-refractivity contribution < 1.29 is 13.2 Å². The number of hydrogen-bond donors (Lipinski definition) is 3. The van der Waals surface area contributed by atoms with Crippen molar-refractivity contribution in [2.24, 2.45) is 5.92 Å². The number of hydrogen-bond acceptors (Lipinski definition) is 5. The van der Waals surface area contributed by atoms with E-state index >= 15 is 0 Å². The van der Waals surface area contributed by atoms with E-state index in [1.807, 2.05) is 5.10 Å². The average Bonchev–Trinajstić information content (AvgIpc) is 3.30. The molecule has 3 aromatic rings. The van der Waals surface area contributed by atoms with E-state index in [2.05, 4.69) is 20.4 Å². The van der Waals surface area contributed by atoms with E-state index in [0.717, 1.165) is 43.5 Å². The molecule has 1 aliphatic rings. The van der Waals surface area contributed by atoms with Crippen LogP contribution >= 0.6 is 11.3 Å². The minimum atomic E-state index is -4.54. The number of H-pyrrole nitrogens is 2. The number of halogens is 3. The molecule has 1 unspecified atom stereocenters. The predicted octanol–water partition coefficient (Wildman–Crippen LogP) is 2.94. The number of rotatable bonds is 4. The molecule has 1 aliphatic heterocycles. The molecule has 4 heterocycles. The van der Waals surface area contributed by atoms with Crippen molar-refractivity contribution in [3.8, 4) is 10.4 Å². The number of aromatic nitrogens is 4. The van der Waals surface area contributed by atoms with Gasteiger partial charge in [-0.2, -0.15) is 18.3 Å². The Kier molecular flexibility index (Phi) is 4.31. The van der Waals surface area contributed by atoms with Crippen LogP contribution in [0.5, 0.6) is 0 Å². The van der Waals surface area contributed by atoms with Gasteiger partial charge in [0, 0.05) is 16.9 Å². The molecule has 0 saturated carbocycles. The number of alkyl halides is 3. The van der Waals surface area contributed by atoms with Gasteiger partial charge in [-0.1, -0.05) is 0 Å². The largest absolute Gasteiger partial charge is 0.433 e. The van der Waals surface area contributed by atoms with E-state index in [0.29, 0.717) is 33.3 Å². The SMILES string of the molecule is O=c1[nH]c(CCC2CCNC2)nc2cc(-c3cn[nH]c3C(F)(F)F)sc12. The van der Waals surface area contributed by atoms with E-state index in [1.165, 1.54) is 6.07 Å². The molecule has 1 atom stereocenters. The smallest absolute Gasteiger partial charge is 0.316 e. The molecule has 10 heteroatoms. The lowest BCUT2D eigenvalue weighted by atomic mass is 10.0. The topological polar surface area (TPSA) is 86.5 Å². The average molecular weight is 383 g/mol. The highest BCUT2D eigenvalue weighted by molar-refractivity contribution is 7.22. The molecule has 0 aliphatic carbocycles. The third-order valence-electron chi connectivity index (χ3n) is 4.57. The zero-order valence-electron chi connectivity index (χ0n) is 13.6. The van der Waals surface area contributed by atoms with Crippen LogP contribution in [0.1, 0.15) is 24.4 Å². The van der Waals surface area contributed by atoms with Crippen molar-refractivity contribution in [1.82, 2.24) is 25.5 Å². The first-order valence-corrected chi connectivity index (χ1v) is 9.08. The molecule has 26 heavy (non-hydrogen) atoms. The Morgan fingerprint density at radius 3 is 2.92 bits per heavy atom. The van der Waals surface area contributed by atoms with Crippen LogP contribution in [0.2, 0.25) is 0 Å². The van der Waals surface area contributed by atoms with Gasteiger partial charge in [-0.05, 0) is 37.9 Å². The van der Waals surface area contributed by atoms with Crippen LogP contribution in [0.25, 0.3) is 20.7 Å². The summed E-state index contributed by atoms with van der Waals surface area (Å²) in [4.78, 5) is 19.8. The Hall–Kier alpha value is -2.20.